The second kappa shape index (κ2) is 7.44. The van der Waals surface area contributed by atoms with E-state index >= 15 is 0 Å². The van der Waals surface area contributed by atoms with Gasteiger partial charge in [0.1, 0.15) is 5.69 Å². The molecule has 3 aromatic rings. The minimum atomic E-state index is -0.962. The number of nitrogens with zero attached hydrogens (tertiary/aromatic N) is 4. The maximum atomic E-state index is 12.9. The fraction of sp³-hybridized carbons (Fsp3) is 0.200. The molecule has 1 aliphatic heterocycles. The summed E-state index contributed by atoms with van der Waals surface area (Å²) in [5.74, 6) is -0.203. The molecule has 8 heteroatoms. The number of carbonyl (C=O) groups excluding carboxylic acids is 1. The number of hydrogen-bond donors (Lipinski definition) is 1. The quantitative estimate of drug-likeness (QED) is 0.717. The van der Waals surface area contributed by atoms with Crippen molar-refractivity contribution >= 4 is 34.5 Å². The van der Waals surface area contributed by atoms with Crippen LogP contribution in [0.25, 0.3) is 22.0 Å². The molecule has 142 valence electrons. The third kappa shape index (κ3) is 3.48. The van der Waals surface area contributed by atoms with Gasteiger partial charge >= 0.3 is 6.09 Å². The largest absolute Gasteiger partial charge is 0.465 e. The lowest BCUT2D eigenvalue weighted by atomic mass is 10.0. The van der Waals surface area contributed by atoms with Crippen LogP contribution in [0.4, 0.5) is 4.79 Å². The molecule has 0 saturated carbocycles. The number of carbonyl (C=O) groups is 2. The molecule has 0 spiro atoms. The molecule has 0 atom stereocenters. The lowest BCUT2D eigenvalue weighted by Gasteiger charge is -2.32. The molecule has 7 nitrogen and oxygen atoms in total. The Balaban J connectivity index is 1.66. The summed E-state index contributed by atoms with van der Waals surface area (Å²) >= 11 is 5.98. The van der Waals surface area contributed by atoms with Gasteiger partial charge in [0, 0.05) is 54.5 Å². The van der Waals surface area contributed by atoms with Crippen LogP contribution >= 0.6 is 11.6 Å². The molecule has 4 rings (SSSR count). The summed E-state index contributed by atoms with van der Waals surface area (Å²) in [5, 5.41) is 10.5. The van der Waals surface area contributed by atoms with Gasteiger partial charge in [-0.2, -0.15) is 0 Å². The normalized spacial score (nSPS) is 14.3. The minimum Gasteiger partial charge on any atom is -0.465 e. The van der Waals surface area contributed by atoms with Crippen molar-refractivity contribution in [2.24, 2.45) is 0 Å². The number of fused-ring (bicyclic) bond motifs is 1. The molecule has 3 heterocycles. The van der Waals surface area contributed by atoms with E-state index in [0.717, 1.165) is 16.5 Å². The monoisotopic (exact) mass is 396 g/mol. The van der Waals surface area contributed by atoms with Crippen LogP contribution in [-0.2, 0) is 0 Å². The van der Waals surface area contributed by atoms with E-state index in [1.54, 1.807) is 35.5 Å². The first-order valence-corrected chi connectivity index (χ1v) is 9.18. The molecule has 1 aromatic carbocycles. The number of hydrogen-bond acceptors (Lipinski definition) is 4. The van der Waals surface area contributed by atoms with E-state index in [1.807, 2.05) is 18.2 Å². The van der Waals surface area contributed by atoms with Crippen molar-refractivity contribution < 1.29 is 14.7 Å². The lowest BCUT2D eigenvalue weighted by Crippen LogP contribution is -2.50. The Labute approximate surface area is 166 Å². The summed E-state index contributed by atoms with van der Waals surface area (Å²) in [4.78, 5) is 35.7. The highest BCUT2D eigenvalue weighted by Gasteiger charge is 2.25. The first-order valence-electron chi connectivity index (χ1n) is 8.81. The smallest absolute Gasteiger partial charge is 0.407 e. The first kappa shape index (κ1) is 18.2. The third-order valence-electron chi connectivity index (χ3n) is 4.81. The van der Waals surface area contributed by atoms with Crippen molar-refractivity contribution in [2.75, 3.05) is 26.2 Å². The molecule has 1 saturated heterocycles. The highest BCUT2D eigenvalue weighted by molar-refractivity contribution is 6.30. The zero-order chi connectivity index (χ0) is 19.7. The second-order valence-corrected chi connectivity index (χ2v) is 6.96. The standard InChI is InChI=1S/C20H17ClN4O3/c21-15-4-1-13(2-5-15)16-12-22-11-14-3-6-17(23-18(14)16)19(26)24-7-9-25(10-8-24)20(27)28/h1-6,11-12H,7-10H2,(H,27,28). The number of amides is 2. The molecule has 2 aromatic heterocycles. The van der Waals surface area contributed by atoms with E-state index in [1.165, 1.54) is 4.90 Å². The minimum absolute atomic E-state index is 0.203. The average Bonchev–Trinajstić information content (AvgIpc) is 2.73. The van der Waals surface area contributed by atoms with Crippen LogP contribution < -0.4 is 0 Å². The van der Waals surface area contributed by atoms with Gasteiger partial charge in [0.25, 0.3) is 5.91 Å². The van der Waals surface area contributed by atoms with E-state index in [-0.39, 0.29) is 5.91 Å². The fourth-order valence-electron chi connectivity index (χ4n) is 3.27. The van der Waals surface area contributed by atoms with Crippen LogP contribution in [0.5, 0.6) is 0 Å². The van der Waals surface area contributed by atoms with Crippen LogP contribution in [0.1, 0.15) is 10.5 Å². The van der Waals surface area contributed by atoms with Gasteiger partial charge in [-0.05, 0) is 29.8 Å². The summed E-state index contributed by atoms with van der Waals surface area (Å²) in [6.45, 7) is 1.31. The first-order chi connectivity index (χ1) is 13.5. The Morgan fingerprint density at radius 2 is 1.61 bits per heavy atom. The Bertz CT molecular complexity index is 1050. The predicted molar refractivity (Wildman–Crippen MR) is 105 cm³/mol. The zero-order valence-electron chi connectivity index (χ0n) is 14.9. The highest BCUT2D eigenvalue weighted by atomic mass is 35.5. The Hall–Kier alpha value is -3.19. The van der Waals surface area contributed by atoms with Gasteiger partial charge < -0.3 is 14.9 Å². The van der Waals surface area contributed by atoms with Crippen LogP contribution in [0.15, 0.2) is 48.8 Å². The number of pyridine rings is 2. The molecule has 1 aliphatic rings. The van der Waals surface area contributed by atoms with Gasteiger partial charge in [-0.15, -0.1) is 0 Å². The van der Waals surface area contributed by atoms with Crippen molar-refractivity contribution in [1.82, 2.24) is 19.8 Å². The van der Waals surface area contributed by atoms with Gasteiger partial charge in [-0.25, -0.2) is 9.78 Å². The number of carboxylic acid groups (broad SMARTS) is 1. The van der Waals surface area contributed by atoms with Gasteiger partial charge in [0.15, 0.2) is 0 Å². The van der Waals surface area contributed by atoms with Crippen LogP contribution in [0, 0.1) is 0 Å². The Kier molecular flexibility index (Phi) is 4.83. The summed E-state index contributed by atoms with van der Waals surface area (Å²) in [6, 6.07) is 10.9. The topological polar surface area (TPSA) is 86.6 Å². The summed E-state index contributed by atoms with van der Waals surface area (Å²) in [6.07, 6.45) is 2.47. The molecule has 1 N–H and O–H groups in total. The van der Waals surface area contributed by atoms with Gasteiger partial charge in [0.2, 0.25) is 0 Å². The molecule has 1 fully saturated rings. The van der Waals surface area contributed by atoms with Crippen LogP contribution in [-0.4, -0.2) is 63.1 Å². The van der Waals surface area contributed by atoms with Crippen molar-refractivity contribution in [3.8, 4) is 11.1 Å². The predicted octanol–water partition coefficient (Wildman–Crippen LogP) is 3.39. The third-order valence-corrected chi connectivity index (χ3v) is 5.06. The van der Waals surface area contributed by atoms with Crippen molar-refractivity contribution in [3.63, 3.8) is 0 Å². The van der Waals surface area contributed by atoms with Crippen molar-refractivity contribution in [2.45, 2.75) is 0 Å². The average molecular weight is 397 g/mol. The van der Waals surface area contributed by atoms with E-state index in [4.69, 9.17) is 16.7 Å². The molecule has 0 aliphatic carbocycles. The number of benzene rings is 1. The lowest BCUT2D eigenvalue weighted by molar-refractivity contribution is 0.0620. The highest BCUT2D eigenvalue weighted by Crippen LogP contribution is 2.27. The van der Waals surface area contributed by atoms with E-state index in [9.17, 15) is 9.59 Å². The van der Waals surface area contributed by atoms with E-state index in [0.29, 0.717) is 42.4 Å². The van der Waals surface area contributed by atoms with Gasteiger partial charge in [0.05, 0.1) is 5.52 Å². The van der Waals surface area contributed by atoms with Gasteiger partial charge in [-0.3, -0.25) is 9.78 Å². The number of halogens is 1. The summed E-state index contributed by atoms with van der Waals surface area (Å²) < 4.78 is 0. The SMILES string of the molecule is O=C(O)N1CCN(C(=O)c2ccc3cncc(-c4ccc(Cl)cc4)c3n2)CC1. The second-order valence-electron chi connectivity index (χ2n) is 6.52. The van der Waals surface area contributed by atoms with Crippen molar-refractivity contribution in [1.29, 1.82) is 0 Å². The Morgan fingerprint density at radius 1 is 0.929 bits per heavy atom. The van der Waals surface area contributed by atoms with Gasteiger partial charge in [-0.1, -0.05) is 23.7 Å². The van der Waals surface area contributed by atoms with Crippen molar-refractivity contribution in [3.05, 3.63) is 59.5 Å². The molecule has 0 bridgehead atoms. The van der Waals surface area contributed by atoms with Crippen LogP contribution in [0.3, 0.4) is 0 Å². The Morgan fingerprint density at radius 3 is 2.29 bits per heavy atom. The molecular formula is C20H17ClN4O3. The summed E-state index contributed by atoms with van der Waals surface area (Å²) in [5.41, 5.74) is 2.75. The maximum Gasteiger partial charge on any atom is 0.407 e. The maximum absolute atomic E-state index is 12.9. The molecule has 0 radical (unpaired) electrons. The number of aromatic nitrogens is 2. The summed E-state index contributed by atoms with van der Waals surface area (Å²) in [7, 11) is 0. The van der Waals surface area contributed by atoms with E-state index in [2.05, 4.69) is 9.97 Å². The fourth-order valence-corrected chi connectivity index (χ4v) is 3.39. The zero-order valence-corrected chi connectivity index (χ0v) is 15.6. The van der Waals surface area contributed by atoms with E-state index < -0.39 is 6.09 Å². The molecule has 2 amide bonds. The number of piperazine rings is 1. The molecule has 0 unspecified atom stereocenters. The molecular weight excluding hydrogens is 380 g/mol. The molecule has 28 heavy (non-hydrogen) atoms. The number of rotatable bonds is 2. The van der Waals surface area contributed by atoms with Crippen LogP contribution in [0.2, 0.25) is 5.02 Å².